The van der Waals surface area contributed by atoms with E-state index in [1.807, 2.05) is 36.7 Å². The van der Waals surface area contributed by atoms with Crippen LogP contribution in [0.1, 0.15) is 12.0 Å². The van der Waals surface area contributed by atoms with Gasteiger partial charge in [-0.3, -0.25) is 4.79 Å². The molecule has 144 valence electrons. The number of fused-ring (bicyclic) bond motifs is 2. The van der Waals surface area contributed by atoms with Crippen molar-refractivity contribution in [2.45, 2.75) is 13.0 Å². The molecule has 2 heterocycles. The minimum absolute atomic E-state index is 0.151. The number of benzene rings is 2. The maximum Gasteiger partial charge on any atom is 0.244 e. The van der Waals surface area contributed by atoms with Crippen LogP contribution < -0.4 is 14.8 Å². The van der Waals surface area contributed by atoms with Gasteiger partial charge < -0.3 is 19.4 Å². The number of aryl methyl sites for hydroxylation is 1. The minimum Gasteiger partial charge on any atom is -0.486 e. The molecule has 1 aliphatic heterocycles. The molecule has 1 aromatic heterocycles. The van der Waals surface area contributed by atoms with Crippen molar-refractivity contribution in [3.63, 3.8) is 0 Å². The van der Waals surface area contributed by atoms with E-state index in [0.717, 1.165) is 29.6 Å². The quantitative estimate of drug-likeness (QED) is 0.509. The van der Waals surface area contributed by atoms with Gasteiger partial charge in [-0.2, -0.15) is 0 Å². The number of hydrogen-bond donors (Lipinski definition) is 1. The Hall–Kier alpha value is -2.99. The third-order valence-electron chi connectivity index (χ3n) is 4.45. The Morgan fingerprint density at radius 3 is 3.04 bits per heavy atom. The minimum atomic E-state index is -0.151. The number of nitrogens with one attached hydrogen (secondary N) is 1. The molecule has 0 unspecified atom stereocenters. The van der Waals surface area contributed by atoms with E-state index >= 15 is 0 Å². The van der Waals surface area contributed by atoms with E-state index in [4.69, 9.17) is 21.1 Å². The first-order chi connectivity index (χ1) is 13.7. The summed E-state index contributed by atoms with van der Waals surface area (Å²) in [4.78, 5) is 16.4. The number of nitrogens with zero attached hydrogens (tertiary/aromatic N) is 2. The Kier molecular flexibility index (Phi) is 5.48. The molecule has 2 aromatic carbocycles. The van der Waals surface area contributed by atoms with Gasteiger partial charge in [-0.05, 0) is 42.3 Å². The molecule has 6 nitrogen and oxygen atoms in total. The third kappa shape index (κ3) is 4.12. The van der Waals surface area contributed by atoms with Crippen molar-refractivity contribution in [1.82, 2.24) is 14.9 Å². The van der Waals surface area contributed by atoms with Gasteiger partial charge in [0.2, 0.25) is 5.91 Å². The van der Waals surface area contributed by atoms with E-state index in [1.165, 1.54) is 6.08 Å². The number of imidazole rings is 1. The number of ether oxygens (including phenoxy) is 2. The molecular formula is C21H20ClN3O3. The molecule has 0 aliphatic carbocycles. The van der Waals surface area contributed by atoms with Crippen LogP contribution in [0.5, 0.6) is 11.5 Å². The summed E-state index contributed by atoms with van der Waals surface area (Å²) in [7, 11) is 0. The SMILES string of the molecule is O=C(/C=C/c1cc(Cl)c2c(c1)OCCO2)NCCCn1cnc2ccccc21. The van der Waals surface area contributed by atoms with Crippen LogP contribution in [0.15, 0.2) is 48.8 Å². The van der Waals surface area contributed by atoms with Gasteiger partial charge in [0.05, 0.1) is 22.4 Å². The number of para-hydroxylation sites is 2. The number of rotatable bonds is 6. The fourth-order valence-electron chi connectivity index (χ4n) is 3.11. The maximum atomic E-state index is 12.1. The summed E-state index contributed by atoms with van der Waals surface area (Å²) in [6, 6.07) is 11.6. The Morgan fingerprint density at radius 2 is 2.11 bits per heavy atom. The molecule has 0 saturated carbocycles. The lowest BCUT2D eigenvalue weighted by Gasteiger charge is -2.19. The second-order valence-corrected chi connectivity index (χ2v) is 6.84. The lowest BCUT2D eigenvalue weighted by molar-refractivity contribution is -0.116. The van der Waals surface area contributed by atoms with Crippen molar-refractivity contribution in [2.24, 2.45) is 0 Å². The van der Waals surface area contributed by atoms with Crippen LogP contribution in [0, 0.1) is 0 Å². The molecule has 3 aromatic rings. The van der Waals surface area contributed by atoms with Gasteiger partial charge in [-0.15, -0.1) is 0 Å². The highest BCUT2D eigenvalue weighted by atomic mass is 35.5. The molecule has 0 fully saturated rings. The first-order valence-corrected chi connectivity index (χ1v) is 9.53. The van der Waals surface area contributed by atoms with E-state index in [1.54, 1.807) is 12.1 Å². The number of halogens is 1. The van der Waals surface area contributed by atoms with Crippen molar-refractivity contribution in [3.8, 4) is 11.5 Å². The molecule has 0 spiro atoms. The van der Waals surface area contributed by atoms with E-state index in [0.29, 0.717) is 36.3 Å². The summed E-state index contributed by atoms with van der Waals surface area (Å²) >= 11 is 6.21. The summed E-state index contributed by atoms with van der Waals surface area (Å²) in [5.41, 5.74) is 2.87. The molecule has 1 aliphatic rings. The molecule has 0 bridgehead atoms. The number of carbonyl (C=O) groups excluding carboxylic acids is 1. The van der Waals surface area contributed by atoms with Gasteiger partial charge >= 0.3 is 0 Å². The molecule has 1 amide bonds. The predicted molar refractivity (Wildman–Crippen MR) is 109 cm³/mol. The van der Waals surface area contributed by atoms with Crippen molar-refractivity contribution in [2.75, 3.05) is 19.8 Å². The standard InChI is InChI=1S/C21H20ClN3O3/c22-16-12-15(13-19-21(16)28-11-10-27-19)6-7-20(26)23-8-3-9-25-14-24-17-4-1-2-5-18(17)25/h1-2,4-7,12-14H,3,8-11H2,(H,23,26)/b7-6+. The maximum absolute atomic E-state index is 12.1. The lowest BCUT2D eigenvalue weighted by atomic mass is 10.1. The molecule has 7 heteroatoms. The normalized spacial score (nSPS) is 13.2. The Balaban J connectivity index is 1.28. The average molecular weight is 398 g/mol. The third-order valence-corrected chi connectivity index (χ3v) is 4.73. The van der Waals surface area contributed by atoms with E-state index in [2.05, 4.69) is 14.9 Å². The monoisotopic (exact) mass is 397 g/mol. The average Bonchev–Trinajstić information content (AvgIpc) is 3.13. The Bertz CT molecular complexity index is 1030. The van der Waals surface area contributed by atoms with Crippen LogP contribution in [-0.4, -0.2) is 35.2 Å². The molecule has 28 heavy (non-hydrogen) atoms. The highest BCUT2D eigenvalue weighted by Crippen LogP contribution is 2.38. The Labute approximate surface area is 167 Å². The molecule has 1 N–H and O–H groups in total. The van der Waals surface area contributed by atoms with Crippen molar-refractivity contribution in [1.29, 1.82) is 0 Å². The summed E-state index contributed by atoms with van der Waals surface area (Å²) in [6.07, 6.45) is 5.85. The van der Waals surface area contributed by atoms with Gasteiger partial charge in [-0.25, -0.2) is 4.98 Å². The van der Waals surface area contributed by atoms with Crippen molar-refractivity contribution >= 4 is 34.6 Å². The fraction of sp³-hybridized carbons (Fsp3) is 0.238. The fourth-order valence-corrected chi connectivity index (χ4v) is 3.38. The number of amides is 1. The second-order valence-electron chi connectivity index (χ2n) is 6.43. The predicted octanol–water partition coefficient (Wildman–Crippen LogP) is 3.68. The topological polar surface area (TPSA) is 65.4 Å². The van der Waals surface area contributed by atoms with Gasteiger partial charge in [0.15, 0.2) is 11.5 Å². The van der Waals surface area contributed by atoms with Gasteiger partial charge in [0, 0.05) is 19.2 Å². The summed E-state index contributed by atoms with van der Waals surface area (Å²) in [5, 5.41) is 3.37. The van der Waals surface area contributed by atoms with Crippen LogP contribution in [0.3, 0.4) is 0 Å². The summed E-state index contributed by atoms with van der Waals surface area (Å²) in [5.74, 6) is 1.01. The summed E-state index contributed by atoms with van der Waals surface area (Å²) in [6.45, 7) is 2.35. The number of carbonyl (C=O) groups is 1. The zero-order valence-electron chi connectivity index (χ0n) is 15.2. The van der Waals surface area contributed by atoms with E-state index in [9.17, 15) is 4.79 Å². The van der Waals surface area contributed by atoms with Crippen LogP contribution in [0.2, 0.25) is 5.02 Å². The molecule has 0 saturated heterocycles. The van der Waals surface area contributed by atoms with Crippen molar-refractivity contribution < 1.29 is 14.3 Å². The van der Waals surface area contributed by atoms with Crippen LogP contribution >= 0.6 is 11.6 Å². The van der Waals surface area contributed by atoms with Crippen LogP contribution in [0.4, 0.5) is 0 Å². The summed E-state index contributed by atoms with van der Waals surface area (Å²) < 4.78 is 13.1. The zero-order valence-corrected chi connectivity index (χ0v) is 16.0. The Morgan fingerprint density at radius 1 is 1.25 bits per heavy atom. The first-order valence-electron chi connectivity index (χ1n) is 9.15. The second kappa shape index (κ2) is 8.35. The molecule has 0 atom stereocenters. The van der Waals surface area contributed by atoms with E-state index < -0.39 is 0 Å². The molecule has 4 rings (SSSR count). The number of hydrogen-bond acceptors (Lipinski definition) is 4. The lowest BCUT2D eigenvalue weighted by Crippen LogP contribution is -2.23. The van der Waals surface area contributed by atoms with Crippen LogP contribution in [-0.2, 0) is 11.3 Å². The van der Waals surface area contributed by atoms with Crippen molar-refractivity contribution in [3.05, 3.63) is 59.4 Å². The largest absolute Gasteiger partial charge is 0.486 e. The number of aromatic nitrogens is 2. The molecule has 0 radical (unpaired) electrons. The first kappa shape index (κ1) is 18.4. The highest BCUT2D eigenvalue weighted by Gasteiger charge is 2.15. The van der Waals surface area contributed by atoms with Crippen LogP contribution in [0.25, 0.3) is 17.1 Å². The van der Waals surface area contributed by atoms with Gasteiger partial charge in [0.1, 0.15) is 13.2 Å². The van der Waals surface area contributed by atoms with Gasteiger partial charge in [0.25, 0.3) is 0 Å². The molecular weight excluding hydrogens is 378 g/mol. The highest BCUT2D eigenvalue weighted by molar-refractivity contribution is 6.32. The smallest absolute Gasteiger partial charge is 0.244 e. The van der Waals surface area contributed by atoms with E-state index in [-0.39, 0.29) is 5.91 Å². The van der Waals surface area contributed by atoms with Gasteiger partial charge in [-0.1, -0.05) is 23.7 Å². The zero-order chi connectivity index (χ0) is 19.3.